The largest absolute Gasteiger partial charge is 0.464 e. The quantitative estimate of drug-likeness (QED) is 0.391. The maximum Gasteiger partial charge on any atom is 0.230 e. The lowest BCUT2D eigenvalue weighted by molar-refractivity contribution is 0.101. The van der Waals surface area contributed by atoms with Crippen LogP contribution in [-0.4, -0.2) is 10.8 Å². The van der Waals surface area contributed by atoms with Gasteiger partial charge in [0.05, 0.1) is 23.0 Å². The van der Waals surface area contributed by atoms with Crippen molar-refractivity contribution < 1.29 is 13.6 Å². The van der Waals surface area contributed by atoms with Crippen LogP contribution in [0.5, 0.6) is 0 Å². The molecule has 31 heavy (non-hydrogen) atoms. The number of rotatable bonds is 3. The third-order valence-corrected chi connectivity index (χ3v) is 5.90. The van der Waals surface area contributed by atoms with Crippen LogP contribution in [0.1, 0.15) is 27.2 Å². The Hall–Kier alpha value is -4.12. The van der Waals surface area contributed by atoms with Gasteiger partial charge in [-0.15, -0.1) is 0 Å². The van der Waals surface area contributed by atoms with Crippen molar-refractivity contribution in [2.75, 3.05) is 5.73 Å². The molecule has 5 nitrogen and oxygen atoms in total. The van der Waals surface area contributed by atoms with Crippen molar-refractivity contribution in [2.24, 2.45) is 0 Å². The normalized spacial score (nSPS) is 12.5. The van der Waals surface area contributed by atoms with Crippen molar-refractivity contribution in [3.8, 4) is 22.6 Å². The minimum atomic E-state index is -0.264. The van der Waals surface area contributed by atoms with Crippen molar-refractivity contribution in [2.45, 2.75) is 12.8 Å². The van der Waals surface area contributed by atoms with Crippen molar-refractivity contribution in [1.29, 1.82) is 0 Å². The van der Waals surface area contributed by atoms with Gasteiger partial charge < -0.3 is 14.6 Å². The van der Waals surface area contributed by atoms with E-state index in [1.54, 1.807) is 18.4 Å². The van der Waals surface area contributed by atoms with E-state index in [4.69, 9.17) is 19.6 Å². The number of nitrogen functional groups attached to an aromatic ring is 1. The number of nitrogens with zero attached hydrogens (tertiary/aromatic N) is 1. The van der Waals surface area contributed by atoms with Crippen molar-refractivity contribution in [3.63, 3.8) is 0 Å². The van der Waals surface area contributed by atoms with Gasteiger partial charge in [-0.3, -0.25) is 4.79 Å². The number of furan rings is 2. The van der Waals surface area contributed by atoms with E-state index in [0.717, 1.165) is 35.2 Å². The highest BCUT2D eigenvalue weighted by atomic mass is 16.4. The molecule has 3 aromatic heterocycles. The molecule has 0 bridgehead atoms. The number of carbonyl (C=O) groups excluding carboxylic acids is 1. The summed E-state index contributed by atoms with van der Waals surface area (Å²) in [6, 6.07) is 21.0. The molecule has 1 aliphatic carbocycles. The van der Waals surface area contributed by atoms with Gasteiger partial charge in [0.1, 0.15) is 5.76 Å². The van der Waals surface area contributed by atoms with Gasteiger partial charge in [-0.2, -0.15) is 0 Å². The smallest absolute Gasteiger partial charge is 0.230 e. The molecule has 0 spiro atoms. The second-order valence-corrected chi connectivity index (χ2v) is 7.67. The van der Waals surface area contributed by atoms with Gasteiger partial charge in [-0.25, -0.2) is 4.98 Å². The third-order valence-electron chi connectivity index (χ3n) is 5.90. The summed E-state index contributed by atoms with van der Waals surface area (Å²) in [5, 5.41) is 0.632. The summed E-state index contributed by atoms with van der Waals surface area (Å²) in [6.07, 6.45) is 3.34. The maximum atomic E-state index is 13.1. The fraction of sp³-hybridized carbons (Fsp3) is 0.0769. The Balaban J connectivity index is 1.67. The lowest BCUT2D eigenvalue weighted by Crippen LogP contribution is -2.08. The average molecular weight is 406 g/mol. The van der Waals surface area contributed by atoms with E-state index in [2.05, 4.69) is 12.1 Å². The molecule has 0 aliphatic heterocycles. The Bertz CT molecular complexity index is 1450. The molecule has 0 atom stereocenters. The second kappa shape index (κ2) is 6.71. The zero-order chi connectivity index (χ0) is 20.9. The van der Waals surface area contributed by atoms with Gasteiger partial charge in [0.25, 0.3) is 0 Å². The first-order valence-electron chi connectivity index (χ1n) is 10.2. The standard InChI is InChI=1S/C26H18N2O3/c27-22-21-20(19-11-6-14-30-19)18-13-12-15-7-4-5-10-17(15)23(18)28-26(21)31-25(22)24(29)16-8-2-1-3-9-16/h1-11,14H,12-13,27H2. The molecule has 3 heterocycles. The first-order valence-corrected chi connectivity index (χ1v) is 10.2. The van der Waals surface area contributed by atoms with Crippen LogP contribution in [0.3, 0.4) is 0 Å². The topological polar surface area (TPSA) is 82.3 Å². The Morgan fingerprint density at radius 3 is 2.55 bits per heavy atom. The molecule has 1 aliphatic rings. The molecule has 0 saturated carbocycles. The number of anilines is 1. The van der Waals surface area contributed by atoms with Crippen LogP contribution in [0.4, 0.5) is 5.69 Å². The maximum absolute atomic E-state index is 13.1. The van der Waals surface area contributed by atoms with Crippen molar-refractivity contribution in [1.82, 2.24) is 4.98 Å². The predicted octanol–water partition coefficient (Wildman–Crippen LogP) is 5.67. The summed E-state index contributed by atoms with van der Waals surface area (Å²) < 4.78 is 11.8. The summed E-state index contributed by atoms with van der Waals surface area (Å²) in [6.45, 7) is 0. The number of carbonyl (C=O) groups is 1. The van der Waals surface area contributed by atoms with E-state index in [0.29, 0.717) is 28.1 Å². The van der Waals surface area contributed by atoms with Crippen molar-refractivity contribution in [3.05, 3.63) is 95.4 Å². The SMILES string of the molecule is Nc1c(C(=O)c2ccccc2)oc2nc3c(c(-c4ccco4)c12)CCc1ccccc1-3. The van der Waals surface area contributed by atoms with E-state index >= 15 is 0 Å². The molecule has 150 valence electrons. The van der Waals surface area contributed by atoms with Crippen LogP contribution in [0.2, 0.25) is 0 Å². The Kier molecular flexibility index (Phi) is 3.83. The predicted molar refractivity (Wildman–Crippen MR) is 119 cm³/mol. The number of ketones is 1. The first-order chi connectivity index (χ1) is 15.2. The van der Waals surface area contributed by atoms with E-state index in [-0.39, 0.29) is 11.5 Å². The molecule has 2 N–H and O–H groups in total. The zero-order valence-electron chi connectivity index (χ0n) is 16.6. The highest BCUT2D eigenvalue weighted by molar-refractivity contribution is 6.16. The molecule has 0 fully saturated rings. The molecule has 0 unspecified atom stereocenters. The van der Waals surface area contributed by atoms with Gasteiger partial charge in [-0.05, 0) is 36.1 Å². The number of hydrogen-bond donors (Lipinski definition) is 1. The van der Waals surface area contributed by atoms with E-state index in [9.17, 15) is 4.79 Å². The van der Waals surface area contributed by atoms with Crippen LogP contribution < -0.4 is 5.73 Å². The number of nitrogens with two attached hydrogens (primary N) is 1. The summed E-state index contributed by atoms with van der Waals surface area (Å²) in [7, 11) is 0. The van der Waals surface area contributed by atoms with Gasteiger partial charge in [0, 0.05) is 16.7 Å². The van der Waals surface area contributed by atoms with Crippen LogP contribution in [0.25, 0.3) is 33.7 Å². The number of hydrogen-bond acceptors (Lipinski definition) is 5. The molecule has 0 radical (unpaired) electrons. The molecule has 0 amide bonds. The summed E-state index contributed by atoms with van der Waals surface area (Å²) in [5.41, 5.74) is 12.8. The van der Waals surface area contributed by atoms with Crippen LogP contribution in [0.15, 0.2) is 81.8 Å². The second-order valence-electron chi connectivity index (χ2n) is 7.67. The Labute approximate surface area is 178 Å². The molecule has 5 heteroatoms. The lowest BCUT2D eigenvalue weighted by Gasteiger charge is -2.21. The van der Waals surface area contributed by atoms with Crippen molar-refractivity contribution >= 4 is 22.6 Å². The minimum absolute atomic E-state index is 0.108. The zero-order valence-corrected chi connectivity index (χ0v) is 16.6. The fourth-order valence-corrected chi connectivity index (χ4v) is 4.47. The highest BCUT2D eigenvalue weighted by Crippen LogP contribution is 2.45. The van der Waals surface area contributed by atoms with E-state index < -0.39 is 0 Å². The van der Waals surface area contributed by atoms with E-state index in [1.807, 2.05) is 42.5 Å². The average Bonchev–Trinajstić information content (AvgIpc) is 3.46. The number of fused-ring (bicyclic) bond motifs is 4. The Morgan fingerprint density at radius 1 is 0.935 bits per heavy atom. The number of pyridine rings is 1. The van der Waals surface area contributed by atoms with Crippen LogP contribution in [0, 0.1) is 0 Å². The van der Waals surface area contributed by atoms with Crippen LogP contribution in [-0.2, 0) is 12.8 Å². The summed E-state index contributed by atoms with van der Waals surface area (Å²) in [5.74, 6) is 0.534. The third kappa shape index (κ3) is 2.63. The number of aryl methyl sites for hydroxylation is 1. The molecule has 0 saturated heterocycles. The molecule has 5 aromatic rings. The number of aromatic nitrogens is 1. The summed E-state index contributed by atoms with van der Waals surface area (Å²) >= 11 is 0. The molecular weight excluding hydrogens is 388 g/mol. The monoisotopic (exact) mass is 406 g/mol. The van der Waals surface area contributed by atoms with Gasteiger partial charge in [-0.1, -0.05) is 54.6 Å². The van der Waals surface area contributed by atoms with Crippen LogP contribution >= 0.6 is 0 Å². The molecular formula is C26H18N2O3. The lowest BCUT2D eigenvalue weighted by atomic mass is 9.85. The molecule has 6 rings (SSSR count). The van der Waals surface area contributed by atoms with E-state index in [1.165, 1.54) is 5.56 Å². The number of benzene rings is 2. The summed E-state index contributed by atoms with van der Waals surface area (Å²) in [4.78, 5) is 18.0. The highest BCUT2D eigenvalue weighted by Gasteiger charge is 2.30. The van der Waals surface area contributed by atoms with Gasteiger partial charge in [0.2, 0.25) is 17.3 Å². The van der Waals surface area contributed by atoms with Gasteiger partial charge in [0.15, 0.2) is 0 Å². The fourth-order valence-electron chi connectivity index (χ4n) is 4.47. The van der Waals surface area contributed by atoms with Gasteiger partial charge >= 0.3 is 0 Å². The minimum Gasteiger partial charge on any atom is -0.464 e. The first kappa shape index (κ1) is 17.7. The molecule has 2 aromatic carbocycles. The Morgan fingerprint density at radius 2 is 1.74 bits per heavy atom.